The SMILES string of the molecule is CC(C)C[C@H](NC(=O)OCC1c2ccccc2-c2ccccc21)C(=O)NC[C@H]1C[C@@H](C(=O)O)CO1. The van der Waals surface area contributed by atoms with Gasteiger partial charge in [-0.05, 0) is 41.0 Å². The second-order valence-corrected chi connectivity index (χ2v) is 9.62. The summed E-state index contributed by atoms with van der Waals surface area (Å²) in [7, 11) is 0. The average molecular weight is 481 g/mol. The first-order chi connectivity index (χ1) is 16.8. The van der Waals surface area contributed by atoms with Gasteiger partial charge in [-0.15, -0.1) is 0 Å². The fourth-order valence-corrected chi connectivity index (χ4v) is 4.84. The molecule has 3 atom stereocenters. The number of fused-ring (bicyclic) bond motifs is 3. The molecular formula is C27H32N2O6. The lowest BCUT2D eigenvalue weighted by Crippen LogP contribution is -2.49. The monoisotopic (exact) mass is 480 g/mol. The Bertz CT molecular complexity index is 1040. The van der Waals surface area contributed by atoms with E-state index in [0.717, 1.165) is 22.3 Å². The van der Waals surface area contributed by atoms with Crippen molar-refractivity contribution in [1.29, 1.82) is 0 Å². The Morgan fingerprint density at radius 2 is 1.69 bits per heavy atom. The Kier molecular flexibility index (Phi) is 7.70. The van der Waals surface area contributed by atoms with Crippen LogP contribution < -0.4 is 10.6 Å². The van der Waals surface area contributed by atoms with Crippen LogP contribution in [0.3, 0.4) is 0 Å². The lowest BCUT2D eigenvalue weighted by molar-refractivity contribution is -0.141. The minimum absolute atomic E-state index is 0.0628. The third-order valence-electron chi connectivity index (χ3n) is 6.59. The van der Waals surface area contributed by atoms with Gasteiger partial charge in [0, 0.05) is 12.5 Å². The second-order valence-electron chi connectivity index (χ2n) is 9.62. The van der Waals surface area contributed by atoms with Gasteiger partial charge in [0.2, 0.25) is 5.91 Å². The highest BCUT2D eigenvalue weighted by Gasteiger charge is 2.32. The van der Waals surface area contributed by atoms with E-state index in [9.17, 15) is 14.4 Å². The maximum atomic E-state index is 12.8. The summed E-state index contributed by atoms with van der Waals surface area (Å²) in [6.45, 7) is 4.45. The number of aliphatic carboxylic acids is 1. The number of carbonyl (C=O) groups is 3. The first-order valence-corrected chi connectivity index (χ1v) is 12.1. The summed E-state index contributed by atoms with van der Waals surface area (Å²) in [5.41, 5.74) is 4.53. The lowest BCUT2D eigenvalue weighted by Gasteiger charge is -2.22. The van der Waals surface area contributed by atoms with Crippen molar-refractivity contribution in [2.24, 2.45) is 11.8 Å². The number of amides is 2. The molecule has 0 saturated carbocycles. The number of rotatable bonds is 9. The van der Waals surface area contributed by atoms with Crippen molar-refractivity contribution in [2.45, 2.75) is 44.8 Å². The van der Waals surface area contributed by atoms with Gasteiger partial charge in [-0.2, -0.15) is 0 Å². The molecule has 1 heterocycles. The summed E-state index contributed by atoms with van der Waals surface area (Å²) < 4.78 is 11.1. The molecule has 0 spiro atoms. The number of alkyl carbamates (subject to hydrolysis) is 1. The first-order valence-electron chi connectivity index (χ1n) is 12.1. The predicted octanol–water partition coefficient (Wildman–Crippen LogP) is 3.55. The topological polar surface area (TPSA) is 114 Å². The standard InChI is InChI=1S/C27H32N2O6/c1-16(2)11-24(25(30)28-13-18-12-17(14-34-18)26(31)32)29-27(33)35-15-23-21-9-5-3-7-19(21)20-8-4-6-10-22(20)23/h3-10,16-18,23-24H,11-15H2,1-2H3,(H,28,30)(H,29,33)(H,31,32)/t17-,18-,24+/m1/s1. The third-order valence-corrected chi connectivity index (χ3v) is 6.59. The Hall–Kier alpha value is -3.39. The number of nitrogens with one attached hydrogen (secondary N) is 2. The molecule has 2 aliphatic rings. The maximum Gasteiger partial charge on any atom is 0.407 e. The van der Waals surface area contributed by atoms with E-state index in [4.69, 9.17) is 14.6 Å². The van der Waals surface area contributed by atoms with Gasteiger partial charge in [-0.3, -0.25) is 9.59 Å². The molecule has 1 aliphatic heterocycles. The molecule has 0 radical (unpaired) electrons. The van der Waals surface area contributed by atoms with Gasteiger partial charge >= 0.3 is 12.1 Å². The molecule has 8 heteroatoms. The highest BCUT2D eigenvalue weighted by atomic mass is 16.5. The van der Waals surface area contributed by atoms with Crippen molar-refractivity contribution < 1.29 is 29.0 Å². The van der Waals surface area contributed by atoms with E-state index in [1.54, 1.807) is 0 Å². The third kappa shape index (κ3) is 5.82. The Morgan fingerprint density at radius 3 is 2.26 bits per heavy atom. The summed E-state index contributed by atoms with van der Waals surface area (Å²) in [6, 6.07) is 15.4. The lowest BCUT2D eigenvalue weighted by atomic mass is 9.98. The molecule has 1 fully saturated rings. The van der Waals surface area contributed by atoms with Crippen LogP contribution >= 0.6 is 0 Å². The van der Waals surface area contributed by atoms with Crippen molar-refractivity contribution in [3.8, 4) is 11.1 Å². The van der Waals surface area contributed by atoms with Gasteiger partial charge in [0.15, 0.2) is 0 Å². The molecule has 8 nitrogen and oxygen atoms in total. The smallest absolute Gasteiger partial charge is 0.407 e. The zero-order chi connectivity index (χ0) is 24.9. The maximum absolute atomic E-state index is 12.8. The fraction of sp³-hybridized carbons (Fsp3) is 0.444. The van der Waals surface area contributed by atoms with Crippen LogP contribution in [-0.4, -0.2) is 55.0 Å². The van der Waals surface area contributed by atoms with Crippen LogP contribution in [0.4, 0.5) is 4.79 Å². The van der Waals surface area contributed by atoms with Crippen molar-refractivity contribution in [1.82, 2.24) is 10.6 Å². The van der Waals surface area contributed by atoms with Gasteiger partial charge in [-0.25, -0.2) is 4.79 Å². The number of carboxylic acids is 1. The molecule has 35 heavy (non-hydrogen) atoms. The van der Waals surface area contributed by atoms with Gasteiger partial charge < -0.3 is 25.2 Å². The zero-order valence-corrected chi connectivity index (χ0v) is 20.0. The summed E-state index contributed by atoms with van der Waals surface area (Å²) in [5, 5.41) is 14.6. The number of hydrogen-bond donors (Lipinski definition) is 3. The zero-order valence-electron chi connectivity index (χ0n) is 20.0. The van der Waals surface area contributed by atoms with Crippen LogP contribution in [0.15, 0.2) is 48.5 Å². The average Bonchev–Trinajstić information content (AvgIpc) is 3.44. The van der Waals surface area contributed by atoms with E-state index in [1.807, 2.05) is 38.1 Å². The molecule has 3 N–H and O–H groups in total. The highest BCUT2D eigenvalue weighted by molar-refractivity contribution is 5.85. The predicted molar refractivity (Wildman–Crippen MR) is 130 cm³/mol. The summed E-state index contributed by atoms with van der Waals surface area (Å²) in [6.07, 6.45) is -0.200. The second kappa shape index (κ2) is 10.9. The molecule has 1 saturated heterocycles. The molecule has 2 aromatic rings. The summed E-state index contributed by atoms with van der Waals surface area (Å²) in [5.74, 6) is -1.68. The van der Waals surface area contributed by atoms with E-state index in [1.165, 1.54) is 0 Å². The van der Waals surface area contributed by atoms with Crippen molar-refractivity contribution in [3.63, 3.8) is 0 Å². The molecular weight excluding hydrogens is 448 g/mol. The van der Waals surface area contributed by atoms with Gasteiger partial charge in [-0.1, -0.05) is 62.4 Å². The molecule has 0 aromatic heterocycles. The Balaban J connectivity index is 1.33. The highest BCUT2D eigenvalue weighted by Crippen LogP contribution is 2.44. The van der Waals surface area contributed by atoms with Crippen molar-refractivity contribution in [3.05, 3.63) is 59.7 Å². The molecule has 186 valence electrons. The van der Waals surface area contributed by atoms with Crippen LogP contribution in [0.2, 0.25) is 0 Å². The van der Waals surface area contributed by atoms with Gasteiger partial charge in [0.25, 0.3) is 0 Å². The Labute approximate surface area is 205 Å². The Morgan fingerprint density at radius 1 is 1.06 bits per heavy atom. The first kappa shape index (κ1) is 24.7. The molecule has 4 rings (SSSR count). The largest absolute Gasteiger partial charge is 0.481 e. The van der Waals surface area contributed by atoms with E-state index in [-0.39, 0.29) is 43.6 Å². The van der Waals surface area contributed by atoms with Crippen LogP contribution in [0.5, 0.6) is 0 Å². The van der Waals surface area contributed by atoms with Gasteiger partial charge in [0.05, 0.1) is 18.6 Å². The summed E-state index contributed by atoms with van der Waals surface area (Å²) >= 11 is 0. The van der Waals surface area contributed by atoms with E-state index in [2.05, 4.69) is 34.9 Å². The number of carbonyl (C=O) groups excluding carboxylic acids is 2. The molecule has 1 aliphatic carbocycles. The normalized spacial score (nSPS) is 19.6. The minimum Gasteiger partial charge on any atom is -0.481 e. The number of hydrogen-bond acceptors (Lipinski definition) is 5. The number of carboxylic acid groups (broad SMARTS) is 1. The fourth-order valence-electron chi connectivity index (χ4n) is 4.84. The van der Waals surface area contributed by atoms with E-state index < -0.39 is 24.0 Å². The quantitative estimate of drug-likeness (QED) is 0.506. The van der Waals surface area contributed by atoms with Crippen molar-refractivity contribution in [2.75, 3.05) is 19.8 Å². The van der Waals surface area contributed by atoms with Crippen LogP contribution in [0.1, 0.15) is 43.7 Å². The molecule has 2 aromatic carbocycles. The number of ether oxygens (including phenoxy) is 2. The molecule has 2 amide bonds. The van der Waals surface area contributed by atoms with Gasteiger partial charge in [0.1, 0.15) is 12.6 Å². The van der Waals surface area contributed by atoms with E-state index in [0.29, 0.717) is 12.8 Å². The van der Waals surface area contributed by atoms with E-state index >= 15 is 0 Å². The number of benzene rings is 2. The minimum atomic E-state index is -0.895. The molecule has 0 bridgehead atoms. The van der Waals surface area contributed by atoms with Crippen LogP contribution in [-0.2, 0) is 19.1 Å². The van der Waals surface area contributed by atoms with Crippen LogP contribution in [0, 0.1) is 11.8 Å². The van der Waals surface area contributed by atoms with Crippen molar-refractivity contribution >= 4 is 18.0 Å². The summed E-state index contributed by atoms with van der Waals surface area (Å²) in [4.78, 5) is 36.6. The molecule has 0 unspecified atom stereocenters. The van der Waals surface area contributed by atoms with Crippen LogP contribution in [0.25, 0.3) is 11.1 Å².